The largest absolute Gasteiger partial charge is 0.460 e. The molecular weight excluding hydrogens is 374 g/mol. The Morgan fingerprint density at radius 1 is 1.23 bits per heavy atom. The molecular formula is C26H31NO3. The van der Waals surface area contributed by atoms with Gasteiger partial charge in [-0.05, 0) is 61.3 Å². The van der Waals surface area contributed by atoms with Crippen molar-refractivity contribution in [1.82, 2.24) is 4.98 Å². The van der Waals surface area contributed by atoms with Crippen molar-refractivity contribution in [2.75, 3.05) is 0 Å². The molecule has 30 heavy (non-hydrogen) atoms. The summed E-state index contributed by atoms with van der Waals surface area (Å²) < 4.78 is 5.47. The first kappa shape index (κ1) is 20.8. The Labute approximate surface area is 179 Å². The summed E-state index contributed by atoms with van der Waals surface area (Å²) in [5.41, 5.74) is 3.02. The minimum absolute atomic E-state index is 0.0723. The number of hydrogen-bond donors (Lipinski definition) is 1. The van der Waals surface area contributed by atoms with E-state index >= 15 is 0 Å². The zero-order valence-corrected chi connectivity index (χ0v) is 18.2. The number of esters is 1. The second-order valence-corrected chi connectivity index (χ2v) is 9.04. The number of rotatable bonds is 4. The Hall–Kier alpha value is -2.46. The summed E-state index contributed by atoms with van der Waals surface area (Å²) in [6.07, 6.45) is 7.28. The molecule has 2 aromatic rings. The molecule has 4 rings (SSSR count). The van der Waals surface area contributed by atoms with E-state index < -0.39 is 11.6 Å². The molecule has 4 nitrogen and oxygen atoms in total. The number of nitrogens with zero attached hydrogens (tertiary/aromatic N) is 1. The van der Waals surface area contributed by atoms with Crippen LogP contribution in [-0.4, -0.2) is 27.8 Å². The number of carbonyl (C=O) groups excluding carboxylic acids is 1. The second-order valence-electron chi connectivity index (χ2n) is 9.04. The number of pyridine rings is 1. The summed E-state index contributed by atoms with van der Waals surface area (Å²) in [6, 6.07) is 12.4. The van der Waals surface area contributed by atoms with E-state index in [0.29, 0.717) is 12.3 Å². The fourth-order valence-electron chi connectivity index (χ4n) is 5.71. The first-order valence-corrected chi connectivity index (χ1v) is 11.0. The number of allylic oxidation sites excluding steroid dienone is 1. The number of aryl methyl sites for hydroxylation is 1. The molecule has 4 heteroatoms. The van der Waals surface area contributed by atoms with Crippen LogP contribution in [0.4, 0.5) is 0 Å². The molecule has 1 aromatic carbocycles. The van der Waals surface area contributed by atoms with Gasteiger partial charge in [-0.3, -0.25) is 4.98 Å². The van der Waals surface area contributed by atoms with E-state index in [1.54, 1.807) is 0 Å². The molecule has 0 spiro atoms. The lowest BCUT2D eigenvalue weighted by atomic mass is 9.59. The Kier molecular flexibility index (Phi) is 5.54. The van der Waals surface area contributed by atoms with Crippen LogP contribution >= 0.6 is 0 Å². The summed E-state index contributed by atoms with van der Waals surface area (Å²) in [5, 5.41) is 11.2. The van der Waals surface area contributed by atoms with Crippen molar-refractivity contribution < 1.29 is 14.6 Å². The predicted octanol–water partition coefficient (Wildman–Crippen LogP) is 5.05. The van der Waals surface area contributed by atoms with Gasteiger partial charge in [-0.1, -0.05) is 56.7 Å². The number of aromatic nitrogens is 1. The lowest BCUT2D eigenvalue weighted by Crippen LogP contribution is -2.53. The molecule has 0 bridgehead atoms. The Bertz CT molecular complexity index is 951. The molecule has 1 aromatic heterocycles. The smallest absolute Gasteiger partial charge is 0.338 e. The van der Waals surface area contributed by atoms with Crippen LogP contribution in [0.25, 0.3) is 17.2 Å². The first-order chi connectivity index (χ1) is 14.3. The average Bonchev–Trinajstić information content (AvgIpc) is 2.94. The van der Waals surface area contributed by atoms with E-state index in [1.165, 1.54) is 11.1 Å². The standard InChI is InChI=1S/C26H31NO3/c1-5-21-17(3)14-26(29)24(18(4)30-25(26)28)23(21)13-12-20-11-10-19(15-27-20)22-9-7-6-8-16(22)2/h6-13,15,17-18,21,23-24,29H,5,14H2,1-4H3/b13-12+. The van der Waals surface area contributed by atoms with Crippen molar-refractivity contribution in [3.05, 3.63) is 59.9 Å². The maximum atomic E-state index is 12.4. The summed E-state index contributed by atoms with van der Waals surface area (Å²) in [4.78, 5) is 17.0. The van der Waals surface area contributed by atoms with Crippen LogP contribution in [0.15, 0.2) is 48.7 Å². The molecule has 6 unspecified atom stereocenters. The van der Waals surface area contributed by atoms with Gasteiger partial charge < -0.3 is 9.84 Å². The normalized spacial score (nSPS) is 33.5. The van der Waals surface area contributed by atoms with Crippen LogP contribution in [0, 0.1) is 30.6 Å². The Balaban J connectivity index is 1.61. The van der Waals surface area contributed by atoms with Gasteiger partial charge in [0, 0.05) is 17.7 Å². The van der Waals surface area contributed by atoms with Gasteiger partial charge in [0.15, 0.2) is 5.60 Å². The molecule has 6 atom stereocenters. The van der Waals surface area contributed by atoms with Gasteiger partial charge >= 0.3 is 5.97 Å². The number of carbonyl (C=O) groups is 1. The fourth-order valence-corrected chi connectivity index (χ4v) is 5.71. The van der Waals surface area contributed by atoms with E-state index in [9.17, 15) is 9.90 Å². The quantitative estimate of drug-likeness (QED) is 0.724. The molecule has 1 saturated heterocycles. The van der Waals surface area contributed by atoms with Gasteiger partial charge in [0.05, 0.1) is 5.69 Å². The highest BCUT2D eigenvalue weighted by Crippen LogP contribution is 2.52. The minimum Gasteiger partial charge on any atom is -0.460 e. The minimum atomic E-state index is -1.37. The van der Waals surface area contributed by atoms with Gasteiger partial charge in [0.1, 0.15) is 6.10 Å². The van der Waals surface area contributed by atoms with Gasteiger partial charge in [-0.25, -0.2) is 4.79 Å². The van der Waals surface area contributed by atoms with Crippen LogP contribution in [0.2, 0.25) is 0 Å². The van der Waals surface area contributed by atoms with Gasteiger partial charge in [-0.15, -0.1) is 0 Å². The van der Waals surface area contributed by atoms with Crippen LogP contribution in [0.3, 0.4) is 0 Å². The van der Waals surface area contributed by atoms with Crippen molar-refractivity contribution >= 4 is 12.0 Å². The fraction of sp³-hybridized carbons (Fsp3) is 0.462. The highest BCUT2D eigenvalue weighted by atomic mass is 16.6. The first-order valence-electron chi connectivity index (χ1n) is 11.0. The van der Waals surface area contributed by atoms with E-state index in [-0.39, 0.29) is 23.9 Å². The van der Waals surface area contributed by atoms with Crippen LogP contribution in [-0.2, 0) is 9.53 Å². The maximum Gasteiger partial charge on any atom is 0.338 e. The molecule has 1 aliphatic carbocycles. The Morgan fingerprint density at radius 2 is 2.00 bits per heavy atom. The second kappa shape index (κ2) is 7.99. The van der Waals surface area contributed by atoms with Crippen LogP contribution in [0.1, 0.15) is 44.9 Å². The molecule has 2 aliphatic rings. The van der Waals surface area contributed by atoms with Crippen LogP contribution < -0.4 is 0 Å². The highest BCUT2D eigenvalue weighted by molar-refractivity contribution is 5.82. The van der Waals surface area contributed by atoms with Gasteiger partial charge in [0.25, 0.3) is 0 Å². The van der Waals surface area contributed by atoms with E-state index in [0.717, 1.165) is 17.7 Å². The SMILES string of the molecule is CCC1C(C)CC2(O)C(=O)OC(C)C2C1/C=C/c1ccc(-c2ccccc2C)cn1. The van der Waals surface area contributed by atoms with Crippen molar-refractivity contribution in [1.29, 1.82) is 0 Å². The molecule has 158 valence electrons. The summed E-state index contributed by atoms with van der Waals surface area (Å²) >= 11 is 0. The van der Waals surface area contributed by atoms with E-state index in [1.807, 2.05) is 37.4 Å². The summed E-state index contributed by atoms with van der Waals surface area (Å²) in [7, 11) is 0. The third kappa shape index (κ3) is 3.47. The average molecular weight is 406 g/mol. The number of ether oxygens (including phenoxy) is 1. The lowest BCUT2D eigenvalue weighted by Gasteiger charge is -2.45. The van der Waals surface area contributed by atoms with Crippen molar-refractivity contribution in [2.24, 2.45) is 23.7 Å². The number of cyclic esters (lactones) is 1. The molecule has 1 N–H and O–H groups in total. The lowest BCUT2D eigenvalue weighted by molar-refractivity contribution is -0.160. The number of aliphatic hydroxyl groups is 1. The summed E-state index contributed by atoms with van der Waals surface area (Å²) in [5.74, 6) is 0.0482. The van der Waals surface area contributed by atoms with Gasteiger partial charge in [-0.2, -0.15) is 0 Å². The van der Waals surface area contributed by atoms with E-state index in [4.69, 9.17) is 4.74 Å². The molecule has 1 aliphatic heterocycles. The number of hydrogen-bond acceptors (Lipinski definition) is 4. The predicted molar refractivity (Wildman–Crippen MR) is 118 cm³/mol. The molecule has 0 radical (unpaired) electrons. The van der Waals surface area contributed by atoms with Gasteiger partial charge in [0.2, 0.25) is 0 Å². The highest BCUT2D eigenvalue weighted by Gasteiger charge is 2.62. The van der Waals surface area contributed by atoms with Crippen LogP contribution in [0.5, 0.6) is 0 Å². The monoisotopic (exact) mass is 405 g/mol. The third-order valence-electron chi connectivity index (χ3n) is 7.18. The number of benzene rings is 1. The molecule has 2 heterocycles. The zero-order chi connectivity index (χ0) is 21.5. The molecule has 2 fully saturated rings. The van der Waals surface area contributed by atoms with E-state index in [2.05, 4.69) is 50.0 Å². The third-order valence-corrected chi connectivity index (χ3v) is 7.18. The van der Waals surface area contributed by atoms with Crippen molar-refractivity contribution in [3.8, 4) is 11.1 Å². The number of fused-ring (bicyclic) bond motifs is 1. The topological polar surface area (TPSA) is 59.4 Å². The van der Waals surface area contributed by atoms with Crippen molar-refractivity contribution in [3.63, 3.8) is 0 Å². The maximum absolute atomic E-state index is 12.4. The Morgan fingerprint density at radius 3 is 2.67 bits per heavy atom. The summed E-state index contributed by atoms with van der Waals surface area (Å²) in [6.45, 7) is 8.32. The van der Waals surface area contributed by atoms with Crippen molar-refractivity contribution in [2.45, 2.75) is 52.2 Å². The molecule has 1 saturated carbocycles. The zero-order valence-electron chi connectivity index (χ0n) is 18.2. The molecule has 0 amide bonds.